The summed E-state index contributed by atoms with van der Waals surface area (Å²) in [5.41, 5.74) is 6.93. The zero-order chi connectivity index (χ0) is 13.2. The molecule has 1 atom stereocenters. The Hall–Kier alpha value is -1.33. The first-order chi connectivity index (χ1) is 9.25. The molecule has 4 nitrogen and oxygen atoms in total. The number of halogens is 1. The summed E-state index contributed by atoms with van der Waals surface area (Å²) in [6.07, 6.45) is 1.11. The summed E-state index contributed by atoms with van der Waals surface area (Å²) in [6, 6.07) is 5.57. The van der Waals surface area contributed by atoms with E-state index < -0.39 is 0 Å². The van der Waals surface area contributed by atoms with Gasteiger partial charge in [0.1, 0.15) is 5.82 Å². The predicted molar refractivity (Wildman–Crippen MR) is 73.8 cm³/mol. The summed E-state index contributed by atoms with van der Waals surface area (Å²) < 4.78 is 18.9. The van der Waals surface area contributed by atoms with E-state index in [1.165, 1.54) is 6.07 Å². The minimum Gasteiger partial charge on any atom is -0.395 e. The number of para-hydroxylation sites is 1. The summed E-state index contributed by atoms with van der Waals surface area (Å²) >= 11 is 0. The van der Waals surface area contributed by atoms with Crippen molar-refractivity contribution in [3.05, 3.63) is 24.0 Å². The van der Waals surface area contributed by atoms with Crippen LogP contribution in [0.4, 0.5) is 15.8 Å². The maximum Gasteiger partial charge on any atom is 0.148 e. The lowest BCUT2D eigenvalue weighted by atomic mass is 10.2. The van der Waals surface area contributed by atoms with Crippen LogP contribution >= 0.6 is 0 Å². The minimum atomic E-state index is -0.327. The van der Waals surface area contributed by atoms with E-state index in [0.717, 1.165) is 51.5 Å². The lowest BCUT2D eigenvalue weighted by Crippen LogP contribution is -2.44. The number of nitrogen functional groups attached to an aromatic ring is 1. The Balaban J connectivity index is 1.69. The first kappa shape index (κ1) is 12.7. The van der Waals surface area contributed by atoms with E-state index in [0.29, 0.717) is 6.04 Å². The normalized spacial score (nSPS) is 24.9. The topological polar surface area (TPSA) is 41.7 Å². The molecule has 2 saturated heterocycles. The molecule has 5 heteroatoms. The van der Waals surface area contributed by atoms with Gasteiger partial charge in [-0.1, -0.05) is 6.07 Å². The Morgan fingerprint density at radius 1 is 1.21 bits per heavy atom. The average molecular weight is 265 g/mol. The van der Waals surface area contributed by atoms with Crippen LogP contribution in [0.1, 0.15) is 6.42 Å². The molecule has 2 heterocycles. The number of morpholine rings is 1. The molecule has 1 aromatic rings. The lowest BCUT2D eigenvalue weighted by Gasteiger charge is -2.32. The second kappa shape index (κ2) is 5.35. The van der Waals surface area contributed by atoms with Gasteiger partial charge in [-0.25, -0.2) is 4.39 Å². The summed E-state index contributed by atoms with van der Waals surface area (Å²) in [4.78, 5) is 4.66. The van der Waals surface area contributed by atoms with Gasteiger partial charge in [-0.3, -0.25) is 4.90 Å². The molecule has 2 N–H and O–H groups in total. The SMILES string of the molecule is Nc1c(F)cccc1N1CCC(N2CCOCC2)C1. The number of benzene rings is 1. The van der Waals surface area contributed by atoms with Crippen LogP contribution in [0.5, 0.6) is 0 Å². The van der Waals surface area contributed by atoms with Gasteiger partial charge in [0.25, 0.3) is 0 Å². The number of rotatable bonds is 2. The van der Waals surface area contributed by atoms with Crippen molar-refractivity contribution in [1.82, 2.24) is 4.90 Å². The van der Waals surface area contributed by atoms with E-state index >= 15 is 0 Å². The van der Waals surface area contributed by atoms with Crippen molar-refractivity contribution in [2.24, 2.45) is 0 Å². The largest absolute Gasteiger partial charge is 0.395 e. The molecule has 1 aromatic carbocycles. The van der Waals surface area contributed by atoms with E-state index in [1.807, 2.05) is 6.07 Å². The fourth-order valence-corrected chi connectivity index (χ4v) is 3.00. The van der Waals surface area contributed by atoms with E-state index in [-0.39, 0.29) is 11.5 Å². The first-order valence-electron chi connectivity index (χ1n) is 6.86. The molecule has 0 radical (unpaired) electrons. The number of ether oxygens (including phenoxy) is 1. The Kier molecular flexibility index (Phi) is 3.57. The average Bonchev–Trinajstić information content (AvgIpc) is 2.92. The molecule has 0 aromatic heterocycles. The van der Waals surface area contributed by atoms with Gasteiger partial charge in [0.05, 0.1) is 24.6 Å². The third kappa shape index (κ3) is 2.53. The molecule has 0 amide bonds. The maximum absolute atomic E-state index is 13.5. The fourth-order valence-electron chi connectivity index (χ4n) is 3.00. The van der Waals surface area contributed by atoms with E-state index in [9.17, 15) is 4.39 Å². The first-order valence-corrected chi connectivity index (χ1v) is 6.86. The molecule has 0 aliphatic carbocycles. The zero-order valence-electron chi connectivity index (χ0n) is 11.0. The Bertz CT molecular complexity index is 448. The van der Waals surface area contributed by atoms with Gasteiger partial charge in [0.2, 0.25) is 0 Å². The number of anilines is 2. The standard InChI is InChI=1S/C14H20FN3O/c15-12-2-1-3-13(14(12)16)18-5-4-11(10-18)17-6-8-19-9-7-17/h1-3,11H,4-10,16H2. The smallest absolute Gasteiger partial charge is 0.148 e. The highest BCUT2D eigenvalue weighted by Crippen LogP contribution is 2.30. The highest BCUT2D eigenvalue weighted by molar-refractivity contribution is 5.68. The molecule has 0 saturated carbocycles. The molecule has 0 bridgehead atoms. The Labute approximate surface area is 112 Å². The molecule has 1 unspecified atom stereocenters. The van der Waals surface area contributed by atoms with Gasteiger partial charge >= 0.3 is 0 Å². The quantitative estimate of drug-likeness (QED) is 0.819. The predicted octanol–water partition coefficient (Wildman–Crippen LogP) is 1.32. The van der Waals surface area contributed by atoms with Crippen molar-refractivity contribution in [3.63, 3.8) is 0 Å². The van der Waals surface area contributed by atoms with Gasteiger partial charge in [-0.05, 0) is 18.6 Å². The highest BCUT2D eigenvalue weighted by atomic mass is 19.1. The minimum absolute atomic E-state index is 0.269. The Morgan fingerprint density at radius 2 is 2.00 bits per heavy atom. The summed E-state index contributed by atoms with van der Waals surface area (Å²) in [6.45, 7) is 5.49. The van der Waals surface area contributed by atoms with Crippen molar-refractivity contribution < 1.29 is 9.13 Å². The summed E-state index contributed by atoms with van der Waals surface area (Å²) in [7, 11) is 0. The Morgan fingerprint density at radius 3 is 2.79 bits per heavy atom. The number of hydrogen-bond donors (Lipinski definition) is 1. The molecule has 2 aliphatic rings. The van der Waals surface area contributed by atoms with E-state index in [2.05, 4.69) is 9.80 Å². The van der Waals surface area contributed by atoms with Crippen molar-refractivity contribution >= 4 is 11.4 Å². The number of nitrogens with two attached hydrogens (primary N) is 1. The van der Waals surface area contributed by atoms with Gasteiger partial charge in [0, 0.05) is 32.2 Å². The van der Waals surface area contributed by atoms with E-state index in [4.69, 9.17) is 10.5 Å². The molecule has 2 fully saturated rings. The molecule has 0 spiro atoms. The van der Waals surface area contributed by atoms with Gasteiger partial charge in [-0.2, -0.15) is 0 Å². The van der Waals surface area contributed by atoms with Gasteiger partial charge in [0.15, 0.2) is 0 Å². The van der Waals surface area contributed by atoms with Crippen molar-refractivity contribution in [1.29, 1.82) is 0 Å². The molecule has 104 valence electrons. The number of nitrogens with zero attached hydrogens (tertiary/aromatic N) is 2. The van der Waals surface area contributed by atoms with Crippen molar-refractivity contribution in [3.8, 4) is 0 Å². The second-order valence-corrected chi connectivity index (χ2v) is 5.21. The number of hydrogen-bond acceptors (Lipinski definition) is 4. The highest BCUT2D eigenvalue weighted by Gasteiger charge is 2.29. The summed E-state index contributed by atoms with van der Waals surface area (Å²) in [5.74, 6) is -0.327. The maximum atomic E-state index is 13.5. The third-order valence-electron chi connectivity index (χ3n) is 4.10. The van der Waals surface area contributed by atoms with Crippen LogP contribution < -0.4 is 10.6 Å². The van der Waals surface area contributed by atoms with Crippen LogP contribution in [0, 0.1) is 5.82 Å². The van der Waals surface area contributed by atoms with Crippen molar-refractivity contribution in [2.75, 3.05) is 50.0 Å². The lowest BCUT2D eigenvalue weighted by molar-refractivity contribution is 0.0209. The van der Waals surface area contributed by atoms with Gasteiger partial charge in [-0.15, -0.1) is 0 Å². The van der Waals surface area contributed by atoms with Crippen LogP contribution in [0.3, 0.4) is 0 Å². The van der Waals surface area contributed by atoms with Crippen molar-refractivity contribution in [2.45, 2.75) is 12.5 Å². The fraction of sp³-hybridized carbons (Fsp3) is 0.571. The second-order valence-electron chi connectivity index (χ2n) is 5.21. The molecule has 2 aliphatic heterocycles. The summed E-state index contributed by atoms with van der Waals surface area (Å²) in [5, 5.41) is 0. The zero-order valence-corrected chi connectivity index (χ0v) is 11.0. The van der Waals surface area contributed by atoms with Crippen LogP contribution in [-0.4, -0.2) is 50.3 Å². The van der Waals surface area contributed by atoms with Crippen LogP contribution in [0.25, 0.3) is 0 Å². The van der Waals surface area contributed by atoms with E-state index in [1.54, 1.807) is 6.07 Å². The van der Waals surface area contributed by atoms with Gasteiger partial charge < -0.3 is 15.4 Å². The molecule has 3 rings (SSSR count). The molecular formula is C14H20FN3O. The van der Waals surface area contributed by atoms with Crippen LogP contribution in [0.2, 0.25) is 0 Å². The molecule has 19 heavy (non-hydrogen) atoms. The third-order valence-corrected chi connectivity index (χ3v) is 4.10. The monoisotopic (exact) mass is 265 g/mol. The van der Waals surface area contributed by atoms with Crippen LogP contribution in [-0.2, 0) is 4.74 Å². The molecular weight excluding hydrogens is 245 g/mol. The van der Waals surface area contributed by atoms with Crippen LogP contribution in [0.15, 0.2) is 18.2 Å².